The van der Waals surface area contributed by atoms with Crippen LogP contribution in [0.5, 0.6) is 0 Å². The van der Waals surface area contributed by atoms with Gasteiger partial charge in [0.15, 0.2) is 9.84 Å². The van der Waals surface area contributed by atoms with Crippen molar-refractivity contribution in [3.05, 3.63) is 24.3 Å². The fourth-order valence-electron chi connectivity index (χ4n) is 2.63. The van der Waals surface area contributed by atoms with E-state index in [1.54, 1.807) is 6.92 Å². The van der Waals surface area contributed by atoms with Crippen molar-refractivity contribution in [3.63, 3.8) is 0 Å². The predicted molar refractivity (Wildman–Crippen MR) is 90.9 cm³/mol. The Morgan fingerprint density at radius 2 is 1.88 bits per heavy atom. The van der Waals surface area contributed by atoms with Crippen molar-refractivity contribution in [2.45, 2.75) is 24.3 Å². The van der Waals surface area contributed by atoms with E-state index in [2.05, 4.69) is 5.32 Å². The molecule has 0 radical (unpaired) electrons. The summed E-state index contributed by atoms with van der Waals surface area (Å²) in [7, 11) is -7.03. The molecule has 1 atom stereocenters. The third-order valence-electron chi connectivity index (χ3n) is 3.89. The summed E-state index contributed by atoms with van der Waals surface area (Å²) >= 11 is 0. The lowest BCUT2D eigenvalue weighted by molar-refractivity contribution is -0.144. The molecule has 1 saturated heterocycles. The highest BCUT2D eigenvalue weighted by atomic mass is 32.2. The zero-order chi connectivity index (χ0) is 18.8. The fraction of sp³-hybridized carbons (Fsp3) is 0.429. The van der Waals surface area contributed by atoms with Crippen molar-refractivity contribution in [2.75, 3.05) is 23.4 Å². The topological polar surface area (TPSA) is 144 Å². The van der Waals surface area contributed by atoms with Gasteiger partial charge in [-0.1, -0.05) is 0 Å². The smallest absolute Gasteiger partial charge is 0.313 e. The van der Waals surface area contributed by atoms with E-state index in [0.29, 0.717) is 6.42 Å². The second kappa shape index (κ2) is 7.10. The van der Waals surface area contributed by atoms with Crippen LogP contribution in [0.3, 0.4) is 0 Å². The standard InChI is InChI=1S/C14H19N3O6S2/c1-2-17(11-7-8-24(20,21)9-11)14(19)13(18)16-10-3-5-12(6-4-10)25(15,22)23/h3-6,11H,2,7-9H2,1H3,(H,16,18)(H2,15,22,23). The number of anilines is 1. The molecule has 1 aromatic carbocycles. The Balaban J connectivity index is 2.07. The molecule has 138 valence electrons. The first-order chi connectivity index (χ1) is 11.5. The van der Waals surface area contributed by atoms with Crippen LogP contribution in [0, 0.1) is 0 Å². The maximum Gasteiger partial charge on any atom is 0.313 e. The van der Waals surface area contributed by atoms with Gasteiger partial charge in [0, 0.05) is 18.3 Å². The van der Waals surface area contributed by atoms with Crippen LogP contribution in [0.25, 0.3) is 0 Å². The van der Waals surface area contributed by atoms with Gasteiger partial charge >= 0.3 is 11.8 Å². The number of rotatable bonds is 4. The molecule has 1 unspecified atom stereocenters. The van der Waals surface area contributed by atoms with E-state index in [4.69, 9.17) is 5.14 Å². The van der Waals surface area contributed by atoms with Gasteiger partial charge in [0.2, 0.25) is 10.0 Å². The van der Waals surface area contributed by atoms with Crippen LogP contribution in [0.1, 0.15) is 13.3 Å². The molecule has 0 bridgehead atoms. The molecule has 9 nitrogen and oxygen atoms in total. The lowest BCUT2D eigenvalue weighted by Crippen LogP contribution is -2.46. The zero-order valence-electron chi connectivity index (χ0n) is 13.5. The molecule has 25 heavy (non-hydrogen) atoms. The number of sulfone groups is 1. The SMILES string of the molecule is CCN(C(=O)C(=O)Nc1ccc(S(N)(=O)=O)cc1)C1CCS(=O)(=O)C1. The number of sulfonamides is 1. The second-order valence-corrected chi connectivity index (χ2v) is 9.46. The average Bonchev–Trinajstić information content (AvgIpc) is 2.87. The summed E-state index contributed by atoms with van der Waals surface area (Å²) in [5, 5.41) is 7.34. The average molecular weight is 389 g/mol. The Hall–Kier alpha value is -1.98. The second-order valence-electron chi connectivity index (χ2n) is 5.67. The summed E-state index contributed by atoms with van der Waals surface area (Å²) in [4.78, 5) is 25.5. The van der Waals surface area contributed by atoms with Crippen LogP contribution in [0.4, 0.5) is 5.69 Å². The van der Waals surface area contributed by atoms with Gasteiger partial charge in [0.1, 0.15) is 0 Å². The molecule has 0 aliphatic carbocycles. The van der Waals surface area contributed by atoms with E-state index in [0.717, 1.165) is 0 Å². The van der Waals surface area contributed by atoms with Crippen LogP contribution in [0.15, 0.2) is 29.2 Å². The van der Waals surface area contributed by atoms with Gasteiger partial charge in [0.05, 0.1) is 16.4 Å². The molecule has 1 fully saturated rings. The van der Waals surface area contributed by atoms with Gasteiger partial charge in [0.25, 0.3) is 0 Å². The third-order valence-corrected chi connectivity index (χ3v) is 6.57. The van der Waals surface area contributed by atoms with Crippen LogP contribution < -0.4 is 10.5 Å². The maximum atomic E-state index is 12.3. The number of primary sulfonamides is 1. The minimum absolute atomic E-state index is 0.00189. The maximum absolute atomic E-state index is 12.3. The first-order valence-electron chi connectivity index (χ1n) is 7.49. The molecule has 1 heterocycles. The van der Waals surface area contributed by atoms with E-state index in [9.17, 15) is 26.4 Å². The molecular weight excluding hydrogens is 370 g/mol. The lowest BCUT2D eigenvalue weighted by atomic mass is 10.2. The molecule has 0 spiro atoms. The molecule has 3 N–H and O–H groups in total. The normalized spacial score (nSPS) is 19.4. The Labute approximate surface area is 146 Å². The van der Waals surface area contributed by atoms with Gasteiger partial charge in [-0.05, 0) is 37.6 Å². The van der Waals surface area contributed by atoms with Gasteiger partial charge in [-0.15, -0.1) is 0 Å². The van der Waals surface area contributed by atoms with Crippen molar-refractivity contribution >= 4 is 37.4 Å². The van der Waals surface area contributed by atoms with Crippen molar-refractivity contribution in [1.82, 2.24) is 4.90 Å². The Morgan fingerprint density at radius 3 is 2.32 bits per heavy atom. The first-order valence-corrected chi connectivity index (χ1v) is 10.9. The predicted octanol–water partition coefficient (Wildman–Crippen LogP) is -0.692. The number of carbonyl (C=O) groups excluding carboxylic acids is 2. The Morgan fingerprint density at radius 1 is 1.28 bits per heavy atom. The number of amides is 2. The summed E-state index contributed by atoms with van der Waals surface area (Å²) in [5.74, 6) is -1.91. The van der Waals surface area contributed by atoms with Gasteiger partial charge in [-0.2, -0.15) is 0 Å². The largest absolute Gasteiger partial charge is 0.331 e. The van der Waals surface area contributed by atoms with Crippen LogP contribution >= 0.6 is 0 Å². The molecule has 2 rings (SSSR count). The van der Waals surface area contributed by atoms with Crippen molar-refractivity contribution in [1.29, 1.82) is 0 Å². The highest BCUT2D eigenvalue weighted by Gasteiger charge is 2.35. The number of nitrogens with one attached hydrogen (secondary N) is 1. The summed E-state index contributed by atoms with van der Waals surface area (Å²) in [6, 6.07) is 4.51. The fourth-order valence-corrected chi connectivity index (χ4v) is 4.88. The molecular formula is C14H19N3O6S2. The monoisotopic (exact) mass is 389 g/mol. The number of hydrogen-bond donors (Lipinski definition) is 2. The Bertz CT molecular complexity index is 878. The highest BCUT2D eigenvalue weighted by Crippen LogP contribution is 2.18. The van der Waals surface area contributed by atoms with E-state index in [1.807, 2.05) is 0 Å². The number of nitrogens with two attached hydrogens (primary N) is 1. The number of nitrogens with zero attached hydrogens (tertiary/aromatic N) is 1. The lowest BCUT2D eigenvalue weighted by Gasteiger charge is -2.26. The van der Waals surface area contributed by atoms with Gasteiger partial charge < -0.3 is 10.2 Å². The summed E-state index contributed by atoms with van der Waals surface area (Å²) in [6.45, 7) is 1.87. The van der Waals surface area contributed by atoms with E-state index in [1.165, 1.54) is 29.2 Å². The van der Waals surface area contributed by atoms with Crippen LogP contribution in [-0.2, 0) is 29.4 Å². The van der Waals surface area contributed by atoms with Gasteiger partial charge in [-0.3, -0.25) is 9.59 Å². The highest BCUT2D eigenvalue weighted by molar-refractivity contribution is 7.91. The first kappa shape index (κ1) is 19.3. The number of carbonyl (C=O) groups is 2. The summed E-state index contributed by atoms with van der Waals surface area (Å²) in [5.41, 5.74) is 0.223. The van der Waals surface area contributed by atoms with Gasteiger partial charge in [-0.25, -0.2) is 22.0 Å². The van der Waals surface area contributed by atoms with E-state index in [-0.39, 0.29) is 28.6 Å². The Kier molecular flexibility index (Phi) is 5.49. The molecule has 11 heteroatoms. The van der Waals surface area contributed by atoms with Crippen molar-refractivity contribution in [3.8, 4) is 0 Å². The summed E-state index contributed by atoms with van der Waals surface area (Å²) < 4.78 is 45.5. The van der Waals surface area contributed by atoms with E-state index >= 15 is 0 Å². The third kappa shape index (κ3) is 4.77. The quantitative estimate of drug-likeness (QED) is 0.652. The molecule has 0 saturated carbocycles. The minimum atomic E-state index is -3.85. The molecule has 1 aliphatic rings. The molecule has 0 aromatic heterocycles. The minimum Gasteiger partial charge on any atom is -0.331 e. The zero-order valence-corrected chi connectivity index (χ0v) is 15.1. The van der Waals surface area contributed by atoms with Crippen LogP contribution in [0.2, 0.25) is 0 Å². The van der Waals surface area contributed by atoms with Crippen molar-refractivity contribution < 1.29 is 26.4 Å². The van der Waals surface area contributed by atoms with Crippen LogP contribution in [-0.4, -0.2) is 57.6 Å². The molecule has 2 amide bonds. The molecule has 1 aliphatic heterocycles. The summed E-state index contributed by atoms with van der Waals surface area (Å²) in [6.07, 6.45) is 0.304. The van der Waals surface area contributed by atoms with Crippen molar-refractivity contribution in [2.24, 2.45) is 5.14 Å². The molecule has 1 aromatic rings. The number of likely N-dealkylation sites (N-methyl/N-ethyl adjacent to an activating group) is 1. The number of hydrogen-bond acceptors (Lipinski definition) is 6. The van der Waals surface area contributed by atoms with E-state index < -0.39 is 37.7 Å². The number of benzene rings is 1.